The number of carbonyl (C=O) groups excluding carboxylic acids is 1. The molecule has 1 rings (SSSR count). The Kier molecular flexibility index (Phi) is 2.79. The first-order valence-electron chi connectivity index (χ1n) is 4.39. The fraction of sp³-hybridized carbons (Fsp3) is 0.889. The van der Waals surface area contributed by atoms with Crippen LogP contribution in [0.15, 0.2) is 0 Å². The van der Waals surface area contributed by atoms with Crippen LogP contribution in [0.3, 0.4) is 0 Å². The quantitative estimate of drug-likeness (QED) is 0.589. The first-order valence-corrected chi connectivity index (χ1v) is 4.77. The molecule has 0 N–H and O–H groups in total. The molecular weight excluding hydrogens is 174 g/mol. The minimum absolute atomic E-state index is 0.0494. The molecule has 3 heteroatoms. The highest BCUT2D eigenvalue weighted by atomic mass is 35.5. The molecule has 1 aliphatic rings. The van der Waals surface area contributed by atoms with E-state index in [1.165, 1.54) is 0 Å². The van der Waals surface area contributed by atoms with Crippen molar-refractivity contribution in [2.24, 2.45) is 0 Å². The van der Waals surface area contributed by atoms with Crippen molar-refractivity contribution in [2.75, 3.05) is 6.54 Å². The van der Waals surface area contributed by atoms with Gasteiger partial charge in [-0.25, -0.2) is 0 Å². The second-order valence-corrected chi connectivity index (χ2v) is 4.70. The summed E-state index contributed by atoms with van der Waals surface area (Å²) in [6, 6.07) is -0.0494. The Balaban J connectivity index is 2.71. The number of rotatable bonds is 1. The number of hydrogen-bond acceptors (Lipinski definition) is 2. The van der Waals surface area contributed by atoms with Gasteiger partial charge in [0.2, 0.25) is 5.24 Å². The van der Waals surface area contributed by atoms with E-state index in [9.17, 15) is 4.79 Å². The van der Waals surface area contributed by atoms with Crippen LogP contribution >= 0.6 is 11.6 Å². The highest BCUT2D eigenvalue weighted by molar-refractivity contribution is 6.64. The third-order valence-corrected chi connectivity index (χ3v) is 2.63. The number of carbonyl (C=O) groups is 1. The van der Waals surface area contributed by atoms with Gasteiger partial charge in [0.15, 0.2) is 0 Å². The predicted molar refractivity (Wildman–Crippen MR) is 50.3 cm³/mol. The standard InChI is InChI=1S/C9H16ClNO/c1-9(2,3)11-6-4-5-7(11)8(10)12/h7H,4-6H2,1-3H3. The lowest BCUT2D eigenvalue weighted by molar-refractivity contribution is -0.117. The Morgan fingerprint density at radius 1 is 1.50 bits per heavy atom. The third-order valence-electron chi connectivity index (χ3n) is 2.38. The smallest absolute Gasteiger partial charge is 0.238 e. The van der Waals surface area contributed by atoms with E-state index in [2.05, 4.69) is 25.7 Å². The molecule has 1 atom stereocenters. The zero-order chi connectivity index (χ0) is 9.35. The Bertz CT molecular complexity index is 185. The van der Waals surface area contributed by atoms with E-state index < -0.39 is 0 Å². The summed E-state index contributed by atoms with van der Waals surface area (Å²) in [5.41, 5.74) is 0.0612. The molecule has 0 radical (unpaired) electrons. The lowest BCUT2D eigenvalue weighted by atomic mass is 10.1. The third kappa shape index (κ3) is 1.99. The Morgan fingerprint density at radius 2 is 2.08 bits per heavy atom. The zero-order valence-electron chi connectivity index (χ0n) is 7.93. The lowest BCUT2D eigenvalue weighted by Crippen LogP contribution is -2.46. The maximum absolute atomic E-state index is 11.0. The number of nitrogens with zero attached hydrogens (tertiary/aromatic N) is 1. The van der Waals surface area contributed by atoms with Crippen LogP contribution in [0.5, 0.6) is 0 Å². The molecule has 0 aromatic heterocycles. The van der Waals surface area contributed by atoms with E-state index in [4.69, 9.17) is 11.6 Å². The van der Waals surface area contributed by atoms with Gasteiger partial charge in [0.1, 0.15) is 0 Å². The lowest BCUT2D eigenvalue weighted by Gasteiger charge is -2.35. The molecule has 1 unspecified atom stereocenters. The number of halogens is 1. The van der Waals surface area contributed by atoms with Crippen LogP contribution in [0, 0.1) is 0 Å². The van der Waals surface area contributed by atoms with Crippen molar-refractivity contribution >= 4 is 16.8 Å². The predicted octanol–water partition coefficient (Wildman–Crippen LogP) is 2.01. The highest BCUT2D eigenvalue weighted by Gasteiger charge is 2.36. The number of likely N-dealkylation sites (tertiary alicyclic amines) is 1. The minimum atomic E-state index is -0.206. The average molecular weight is 190 g/mol. The molecule has 0 saturated carbocycles. The van der Waals surface area contributed by atoms with Crippen LogP contribution < -0.4 is 0 Å². The van der Waals surface area contributed by atoms with Crippen molar-refractivity contribution in [1.82, 2.24) is 4.90 Å². The molecule has 1 fully saturated rings. The Labute approximate surface area is 78.9 Å². The Morgan fingerprint density at radius 3 is 2.42 bits per heavy atom. The second-order valence-electron chi connectivity index (χ2n) is 4.33. The zero-order valence-corrected chi connectivity index (χ0v) is 8.69. The van der Waals surface area contributed by atoms with Gasteiger partial charge in [-0.15, -0.1) is 0 Å². The van der Waals surface area contributed by atoms with Gasteiger partial charge >= 0.3 is 0 Å². The maximum Gasteiger partial charge on any atom is 0.238 e. The molecule has 1 aliphatic heterocycles. The largest absolute Gasteiger partial charge is 0.288 e. The summed E-state index contributed by atoms with van der Waals surface area (Å²) in [5.74, 6) is 0. The summed E-state index contributed by atoms with van der Waals surface area (Å²) < 4.78 is 0. The molecule has 1 heterocycles. The van der Waals surface area contributed by atoms with E-state index >= 15 is 0 Å². The molecule has 0 bridgehead atoms. The first-order chi connectivity index (χ1) is 5.43. The van der Waals surface area contributed by atoms with Crippen LogP contribution in [0.4, 0.5) is 0 Å². The molecule has 0 aromatic carbocycles. The van der Waals surface area contributed by atoms with Gasteiger partial charge in [0, 0.05) is 5.54 Å². The molecule has 2 nitrogen and oxygen atoms in total. The van der Waals surface area contributed by atoms with Crippen molar-refractivity contribution in [1.29, 1.82) is 0 Å². The van der Waals surface area contributed by atoms with E-state index in [0.29, 0.717) is 0 Å². The van der Waals surface area contributed by atoms with Gasteiger partial charge in [-0.2, -0.15) is 0 Å². The maximum atomic E-state index is 11.0. The summed E-state index contributed by atoms with van der Waals surface area (Å²) in [7, 11) is 0. The monoisotopic (exact) mass is 189 g/mol. The average Bonchev–Trinajstić information content (AvgIpc) is 2.30. The summed E-state index contributed by atoms with van der Waals surface area (Å²) in [6.07, 6.45) is 2.00. The Hall–Kier alpha value is -0.0800. The number of hydrogen-bond donors (Lipinski definition) is 0. The molecule has 0 aliphatic carbocycles. The van der Waals surface area contributed by atoms with Crippen LogP contribution in [-0.2, 0) is 4.79 Å². The van der Waals surface area contributed by atoms with Crippen molar-refractivity contribution < 1.29 is 4.79 Å². The molecule has 70 valence electrons. The topological polar surface area (TPSA) is 20.3 Å². The van der Waals surface area contributed by atoms with E-state index in [0.717, 1.165) is 19.4 Å². The molecular formula is C9H16ClNO. The summed E-state index contributed by atoms with van der Waals surface area (Å²) in [5, 5.41) is -0.206. The van der Waals surface area contributed by atoms with Gasteiger partial charge in [0.25, 0.3) is 0 Å². The van der Waals surface area contributed by atoms with E-state index in [1.807, 2.05) is 0 Å². The highest BCUT2D eigenvalue weighted by Crippen LogP contribution is 2.27. The summed E-state index contributed by atoms with van der Waals surface area (Å²) in [6.45, 7) is 7.34. The van der Waals surface area contributed by atoms with Gasteiger partial charge in [-0.3, -0.25) is 9.69 Å². The molecule has 0 spiro atoms. The van der Waals surface area contributed by atoms with Crippen LogP contribution in [0.1, 0.15) is 33.6 Å². The molecule has 1 saturated heterocycles. The van der Waals surface area contributed by atoms with Gasteiger partial charge in [-0.1, -0.05) is 0 Å². The summed E-state index contributed by atoms with van der Waals surface area (Å²) >= 11 is 5.50. The fourth-order valence-electron chi connectivity index (χ4n) is 1.81. The SMILES string of the molecule is CC(C)(C)N1CCCC1C(=O)Cl. The summed E-state index contributed by atoms with van der Waals surface area (Å²) in [4.78, 5) is 13.2. The van der Waals surface area contributed by atoms with Gasteiger partial charge < -0.3 is 0 Å². The minimum Gasteiger partial charge on any atom is -0.288 e. The van der Waals surface area contributed by atoms with Crippen molar-refractivity contribution in [2.45, 2.75) is 45.2 Å². The van der Waals surface area contributed by atoms with Gasteiger partial charge in [0.05, 0.1) is 6.04 Å². The van der Waals surface area contributed by atoms with Crippen LogP contribution in [0.2, 0.25) is 0 Å². The van der Waals surface area contributed by atoms with Crippen LogP contribution in [0.25, 0.3) is 0 Å². The first kappa shape index (κ1) is 10.0. The fourth-order valence-corrected chi connectivity index (χ4v) is 2.03. The van der Waals surface area contributed by atoms with Crippen molar-refractivity contribution in [3.8, 4) is 0 Å². The van der Waals surface area contributed by atoms with Crippen LogP contribution in [-0.4, -0.2) is 28.3 Å². The normalized spacial score (nSPS) is 26.2. The molecule has 0 amide bonds. The van der Waals surface area contributed by atoms with Gasteiger partial charge in [-0.05, 0) is 51.8 Å². The molecule has 0 aromatic rings. The van der Waals surface area contributed by atoms with Crippen molar-refractivity contribution in [3.63, 3.8) is 0 Å². The second kappa shape index (κ2) is 3.35. The molecule has 12 heavy (non-hydrogen) atoms. The van der Waals surface area contributed by atoms with Crippen molar-refractivity contribution in [3.05, 3.63) is 0 Å². The van der Waals surface area contributed by atoms with E-state index in [-0.39, 0.29) is 16.8 Å². The van der Waals surface area contributed by atoms with E-state index in [1.54, 1.807) is 0 Å².